The standard InChI is InChI=1S/C15H20FN3O/c1-2-20-11-3-8-17-15-18-9-10-19(15)12-13-4-6-14(16)7-5-13/h4-7,9-10H,2-3,8,11-12H2,1H3,(H,17,18). The highest BCUT2D eigenvalue weighted by atomic mass is 19.1. The Morgan fingerprint density at radius 3 is 2.85 bits per heavy atom. The van der Waals surface area contributed by atoms with Crippen molar-refractivity contribution in [1.82, 2.24) is 9.55 Å². The van der Waals surface area contributed by atoms with Gasteiger partial charge < -0.3 is 14.6 Å². The Kier molecular flexibility index (Phi) is 5.55. The maximum Gasteiger partial charge on any atom is 0.203 e. The average molecular weight is 277 g/mol. The molecule has 108 valence electrons. The molecule has 1 aromatic carbocycles. The number of anilines is 1. The van der Waals surface area contributed by atoms with E-state index < -0.39 is 0 Å². The van der Waals surface area contributed by atoms with E-state index in [1.165, 1.54) is 12.1 Å². The number of halogens is 1. The third kappa shape index (κ3) is 4.35. The first kappa shape index (κ1) is 14.5. The molecule has 0 bridgehead atoms. The van der Waals surface area contributed by atoms with Gasteiger partial charge in [0.15, 0.2) is 0 Å². The van der Waals surface area contributed by atoms with E-state index in [2.05, 4.69) is 10.3 Å². The van der Waals surface area contributed by atoms with E-state index in [1.54, 1.807) is 18.3 Å². The molecule has 0 radical (unpaired) electrons. The molecule has 0 spiro atoms. The van der Waals surface area contributed by atoms with E-state index >= 15 is 0 Å². The quantitative estimate of drug-likeness (QED) is 0.754. The van der Waals surface area contributed by atoms with Gasteiger partial charge in [0.1, 0.15) is 5.82 Å². The SMILES string of the molecule is CCOCCCNc1nccn1Cc1ccc(F)cc1. The van der Waals surface area contributed by atoms with E-state index in [-0.39, 0.29) is 5.82 Å². The van der Waals surface area contributed by atoms with Gasteiger partial charge in [-0.05, 0) is 31.0 Å². The number of imidazole rings is 1. The first-order valence-electron chi connectivity index (χ1n) is 6.87. The summed E-state index contributed by atoms with van der Waals surface area (Å²) < 4.78 is 20.2. The number of hydrogen-bond acceptors (Lipinski definition) is 3. The molecule has 1 aromatic heterocycles. The van der Waals surface area contributed by atoms with Gasteiger partial charge in [-0.2, -0.15) is 0 Å². The van der Waals surface area contributed by atoms with E-state index in [0.29, 0.717) is 6.54 Å². The van der Waals surface area contributed by atoms with Crippen molar-refractivity contribution in [3.05, 3.63) is 48.0 Å². The highest BCUT2D eigenvalue weighted by Gasteiger charge is 2.03. The summed E-state index contributed by atoms with van der Waals surface area (Å²) in [6, 6.07) is 6.52. The second-order valence-corrected chi connectivity index (χ2v) is 4.48. The lowest BCUT2D eigenvalue weighted by Gasteiger charge is -2.10. The molecule has 1 N–H and O–H groups in total. The fourth-order valence-electron chi connectivity index (χ4n) is 1.91. The summed E-state index contributed by atoms with van der Waals surface area (Å²) >= 11 is 0. The molecule has 0 unspecified atom stereocenters. The molecule has 0 saturated heterocycles. The first-order chi connectivity index (χ1) is 9.79. The first-order valence-corrected chi connectivity index (χ1v) is 6.87. The number of nitrogens with zero attached hydrogens (tertiary/aromatic N) is 2. The lowest BCUT2D eigenvalue weighted by molar-refractivity contribution is 0.147. The van der Waals surface area contributed by atoms with E-state index in [0.717, 1.165) is 37.7 Å². The molecule has 5 heteroatoms. The van der Waals surface area contributed by atoms with Crippen LogP contribution in [0.25, 0.3) is 0 Å². The predicted octanol–water partition coefficient (Wildman–Crippen LogP) is 2.91. The minimum absolute atomic E-state index is 0.214. The van der Waals surface area contributed by atoms with Crippen LogP contribution >= 0.6 is 0 Å². The van der Waals surface area contributed by atoms with Crippen LogP contribution in [0.2, 0.25) is 0 Å². The van der Waals surface area contributed by atoms with Crippen LogP contribution in [-0.4, -0.2) is 29.3 Å². The molecule has 0 amide bonds. The summed E-state index contributed by atoms with van der Waals surface area (Å²) in [7, 11) is 0. The Morgan fingerprint density at radius 1 is 1.30 bits per heavy atom. The Bertz CT molecular complexity index is 510. The second-order valence-electron chi connectivity index (χ2n) is 4.48. The molecular weight excluding hydrogens is 257 g/mol. The summed E-state index contributed by atoms with van der Waals surface area (Å²) in [4.78, 5) is 4.28. The molecule has 0 aliphatic carbocycles. The lowest BCUT2D eigenvalue weighted by Crippen LogP contribution is -2.11. The van der Waals surface area contributed by atoms with Crippen molar-refractivity contribution in [3.8, 4) is 0 Å². The second kappa shape index (κ2) is 7.65. The highest BCUT2D eigenvalue weighted by molar-refractivity contribution is 5.28. The van der Waals surface area contributed by atoms with Gasteiger partial charge in [0.25, 0.3) is 0 Å². The monoisotopic (exact) mass is 277 g/mol. The average Bonchev–Trinajstić information content (AvgIpc) is 2.89. The zero-order chi connectivity index (χ0) is 14.2. The maximum atomic E-state index is 12.9. The van der Waals surface area contributed by atoms with Gasteiger partial charge in [0.2, 0.25) is 5.95 Å². The molecule has 1 heterocycles. The lowest BCUT2D eigenvalue weighted by atomic mass is 10.2. The van der Waals surface area contributed by atoms with E-state index in [4.69, 9.17) is 4.74 Å². The summed E-state index contributed by atoms with van der Waals surface area (Å²) in [6.45, 7) is 4.98. The Balaban J connectivity index is 1.86. The summed E-state index contributed by atoms with van der Waals surface area (Å²) in [5.74, 6) is 0.611. The number of rotatable bonds is 8. The van der Waals surface area contributed by atoms with Crippen LogP contribution in [0.4, 0.5) is 10.3 Å². The molecular formula is C15H20FN3O. The van der Waals surface area contributed by atoms with Crippen LogP contribution in [0.3, 0.4) is 0 Å². The van der Waals surface area contributed by atoms with Crippen LogP contribution in [0.1, 0.15) is 18.9 Å². The van der Waals surface area contributed by atoms with Crippen LogP contribution in [0.5, 0.6) is 0 Å². The third-order valence-electron chi connectivity index (χ3n) is 2.93. The van der Waals surface area contributed by atoms with Crippen LogP contribution in [0.15, 0.2) is 36.7 Å². The smallest absolute Gasteiger partial charge is 0.203 e. The molecule has 0 atom stereocenters. The Morgan fingerprint density at radius 2 is 2.10 bits per heavy atom. The minimum atomic E-state index is -0.214. The van der Waals surface area contributed by atoms with Crippen molar-refractivity contribution in [3.63, 3.8) is 0 Å². The zero-order valence-corrected chi connectivity index (χ0v) is 11.7. The Labute approximate surface area is 118 Å². The topological polar surface area (TPSA) is 39.1 Å². The number of ether oxygens (including phenoxy) is 1. The van der Waals surface area contributed by atoms with Gasteiger partial charge in [-0.15, -0.1) is 0 Å². The fourth-order valence-corrected chi connectivity index (χ4v) is 1.91. The van der Waals surface area contributed by atoms with Crippen LogP contribution in [-0.2, 0) is 11.3 Å². The highest BCUT2D eigenvalue weighted by Crippen LogP contribution is 2.10. The molecule has 4 nitrogen and oxygen atoms in total. The van der Waals surface area contributed by atoms with Crippen molar-refractivity contribution in [2.45, 2.75) is 19.9 Å². The van der Waals surface area contributed by atoms with E-state index in [9.17, 15) is 4.39 Å². The van der Waals surface area contributed by atoms with Crippen molar-refractivity contribution >= 4 is 5.95 Å². The van der Waals surface area contributed by atoms with Gasteiger partial charge in [0.05, 0.1) is 6.54 Å². The molecule has 0 saturated carbocycles. The van der Waals surface area contributed by atoms with Crippen LogP contribution < -0.4 is 5.32 Å². The van der Waals surface area contributed by atoms with Crippen molar-refractivity contribution in [2.24, 2.45) is 0 Å². The van der Waals surface area contributed by atoms with Gasteiger partial charge >= 0.3 is 0 Å². The van der Waals surface area contributed by atoms with Crippen molar-refractivity contribution in [1.29, 1.82) is 0 Å². The molecule has 0 fully saturated rings. The zero-order valence-electron chi connectivity index (χ0n) is 11.7. The molecule has 0 aliphatic rings. The molecule has 0 aliphatic heterocycles. The number of nitrogens with one attached hydrogen (secondary N) is 1. The summed E-state index contributed by atoms with van der Waals surface area (Å²) in [5, 5.41) is 3.28. The fraction of sp³-hybridized carbons (Fsp3) is 0.400. The van der Waals surface area contributed by atoms with Crippen molar-refractivity contribution in [2.75, 3.05) is 25.1 Å². The van der Waals surface area contributed by atoms with Gasteiger partial charge in [0, 0.05) is 32.2 Å². The molecule has 20 heavy (non-hydrogen) atoms. The third-order valence-corrected chi connectivity index (χ3v) is 2.93. The summed E-state index contributed by atoms with van der Waals surface area (Å²) in [6.07, 6.45) is 4.61. The normalized spacial score (nSPS) is 10.7. The number of hydrogen-bond donors (Lipinski definition) is 1. The number of benzene rings is 1. The van der Waals surface area contributed by atoms with Crippen molar-refractivity contribution < 1.29 is 9.13 Å². The minimum Gasteiger partial charge on any atom is -0.382 e. The van der Waals surface area contributed by atoms with Gasteiger partial charge in [-0.1, -0.05) is 12.1 Å². The van der Waals surface area contributed by atoms with E-state index in [1.807, 2.05) is 17.7 Å². The Hall–Kier alpha value is -1.88. The van der Waals surface area contributed by atoms with Gasteiger partial charge in [-0.25, -0.2) is 9.37 Å². The van der Waals surface area contributed by atoms with Gasteiger partial charge in [-0.3, -0.25) is 0 Å². The largest absolute Gasteiger partial charge is 0.382 e. The maximum absolute atomic E-state index is 12.9. The van der Waals surface area contributed by atoms with Crippen LogP contribution in [0, 0.1) is 5.82 Å². The molecule has 2 aromatic rings. The molecule has 2 rings (SSSR count). The number of aromatic nitrogens is 2. The summed E-state index contributed by atoms with van der Waals surface area (Å²) in [5.41, 5.74) is 1.04. The predicted molar refractivity (Wildman–Crippen MR) is 77.3 cm³/mol.